The molecule has 0 saturated carbocycles. The van der Waals surface area contributed by atoms with E-state index < -0.39 is 7.60 Å². The predicted octanol–water partition coefficient (Wildman–Crippen LogP) is 5.19. The van der Waals surface area contributed by atoms with Gasteiger partial charge < -0.3 is 24.1 Å². The molecule has 7 nitrogen and oxygen atoms in total. The Hall–Kier alpha value is -2.31. The van der Waals surface area contributed by atoms with Crippen LogP contribution in [0, 0.1) is 0 Å². The highest BCUT2D eigenvalue weighted by Gasteiger charge is 2.21. The van der Waals surface area contributed by atoms with Crippen molar-refractivity contribution in [2.75, 3.05) is 27.0 Å². The van der Waals surface area contributed by atoms with Crippen LogP contribution in [0.15, 0.2) is 42.5 Å². The van der Waals surface area contributed by atoms with E-state index >= 15 is 0 Å². The average molecular weight is 493 g/mol. The summed E-state index contributed by atoms with van der Waals surface area (Å²) in [6.07, 6.45) is 1.68. The summed E-state index contributed by atoms with van der Waals surface area (Å²) in [5, 5.41) is 1.62. The van der Waals surface area contributed by atoms with E-state index in [4.69, 9.17) is 31.1 Å². The van der Waals surface area contributed by atoms with Gasteiger partial charge >= 0.3 is 7.60 Å². The molecule has 3 aromatic rings. The molecule has 0 radical (unpaired) electrons. The first-order valence-electron chi connectivity index (χ1n) is 10.8. The number of benzene rings is 2. The number of fused-ring (bicyclic) bond motifs is 1. The molecule has 3 rings (SSSR count). The van der Waals surface area contributed by atoms with Gasteiger partial charge in [0.05, 0.1) is 19.2 Å². The largest absolute Gasteiger partial charge is 0.494 e. The number of carbonyl (C=O) groups excluding carboxylic acids is 1. The van der Waals surface area contributed by atoms with Crippen molar-refractivity contribution in [2.24, 2.45) is 5.73 Å². The Morgan fingerprint density at radius 3 is 2.55 bits per heavy atom. The number of aromatic nitrogens is 1. The van der Waals surface area contributed by atoms with Crippen LogP contribution in [0.2, 0.25) is 5.02 Å². The van der Waals surface area contributed by atoms with Crippen molar-refractivity contribution in [2.45, 2.75) is 32.7 Å². The Morgan fingerprint density at radius 2 is 1.91 bits per heavy atom. The molecule has 1 heterocycles. The fourth-order valence-electron chi connectivity index (χ4n) is 4.03. The first-order valence-corrected chi connectivity index (χ1v) is 12.9. The number of halogens is 1. The maximum absolute atomic E-state index is 12.2. The fourth-order valence-corrected chi connectivity index (χ4v) is 5.27. The second-order valence-corrected chi connectivity index (χ2v) is 10.6. The molecule has 0 unspecified atom stereocenters. The molecule has 0 aliphatic carbocycles. The minimum absolute atomic E-state index is 0.149. The molecule has 0 fully saturated rings. The third-order valence-corrected chi connectivity index (χ3v) is 7.79. The quantitative estimate of drug-likeness (QED) is 0.277. The number of rotatable bonds is 12. The first kappa shape index (κ1) is 25.3. The Kier molecular flexibility index (Phi) is 8.60. The molecule has 0 aliphatic heterocycles. The summed E-state index contributed by atoms with van der Waals surface area (Å²) in [7, 11) is -0.306. The van der Waals surface area contributed by atoms with E-state index in [1.807, 2.05) is 42.5 Å². The number of primary amides is 1. The summed E-state index contributed by atoms with van der Waals surface area (Å²) in [4.78, 5) is 11.9. The topological polar surface area (TPSA) is 92.8 Å². The predicted molar refractivity (Wildman–Crippen MR) is 131 cm³/mol. The lowest BCUT2D eigenvalue weighted by Crippen LogP contribution is -2.15. The van der Waals surface area contributed by atoms with Crippen LogP contribution in [0.3, 0.4) is 0 Å². The Morgan fingerprint density at radius 1 is 1.15 bits per heavy atom. The number of hydrogen-bond donors (Lipinski definition) is 1. The van der Waals surface area contributed by atoms with E-state index in [0.717, 1.165) is 34.1 Å². The summed E-state index contributed by atoms with van der Waals surface area (Å²) >= 11 is 6.18. The van der Waals surface area contributed by atoms with Gasteiger partial charge in [-0.3, -0.25) is 9.36 Å². The molecular weight excluding hydrogens is 463 g/mol. The summed E-state index contributed by atoms with van der Waals surface area (Å²) in [5.41, 5.74) is 9.62. The van der Waals surface area contributed by atoms with Gasteiger partial charge in [-0.1, -0.05) is 30.7 Å². The lowest BCUT2D eigenvalue weighted by atomic mass is 10.1. The monoisotopic (exact) mass is 492 g/mol. The summed E-state index contributed by atoms with van der Waals surface area (Å²) in [5.74, 6) is 0.285. The molecule has 0 saturated heterocycles. The van der Waals surface area contributed by atoms with Crippen LogP contribution in [0.5, 0.6) is 5.75 Å². The molecule has 2 aromatic carbocycles. The van der Waals surface area contributed by atoms with E-state index in [0.29, 0.717) is 30.3 Å². The zero-order chi connectivity index (χ0) is 24.0. The lowest BCUT2D eigenvalue weighted by Gasteiger charge is -2.13. The van der Waals surface area contributed by atoms with Crippen LogP contribution >= 0.6 is 19.2 Å². The minimum Gasteiger partial charge on any atom is -0.494 e. The van der Waals surface area contributed by atoms with Gasteiger partial charge in [-0.05, 0) is 54.3 Å². The highest BCUT2D eigenvalue weighted by atomic mass is 35.5. The number of nitrogens with two attached hydrogens (primary N) is 1. The number of ether oxygens (including phenoxy) is 1. The smallest absolute Gasteiger partial charge is 0.330 e. The van der Waals surface area contributed by atoms with E-state index in [1.54, 1.807) is 0 Å². The normalized spacial score (nSPS) is 11.8. The summed E-state index contributed by atoms with van der Waals surface area (Å²) < 4.78 is 30.2. The number of nitrogens with zero attached hydrogens (tertiary/aromatic N) is 1. The molecule has 1 aromatic heterocycles. The standard InChI is InChI=1S/C24H30ClN2O5P/c1-4-22-21(15-24(26)28)20-14-19(32-11-6-12-33(29,30-2)31-3)9-10-23(20)27(22)16-17-7-5-8-18(25)13-17/h5,7-10,13-14H,4,6,11-12,15-16H2,1-3H3,(H2,26,28). The fraction of sp³-hybridized carbons (Fsp3) is 0.375. The number of carbonyl (C=O) groups is 1. The average Bonchev–Trinajstić information content (AvgIpc) is 3.07. The minimum atomic E-state index is -3.05. The van der Waals surface area contributed by atoms with E-state index in [9.17, 15) is 9.36 Å². The maximum Gasteiger partial charge on any atom is 0.330 e. The summed E-state index contributed by atoms with van der Waals surface area (Å²) in [6.45, 7) is 3.05. The second kappa shape index (κ2) is 11.2. The van der Waals surface area contributed by atoms with Crippen molar-refractivity contribution in [3.63, 3.8) is 0 Å². The van der Waals surface area contributed by atoms with Gasteiger partial charge in [0.15, 0.2) is 0 Å². The van der Waals surface area contributed by atoms with Crippen LogP contribution in [-0.2, 0) is 37.8 Å². The second-order valence-electron chi connectivity index (χ2n) is 7.72. The number of hydrogen-bond acceptors (Lipinski definition) is 5. The van der Waals surface area contributed by atoms with Gasteiger partial charge in [-0.15, -0.1) is 0 Å². The van der Waals surface area contributed by atoms with Crippen molar-refractivity contribution >= 4 is 36.0 Å². The highest BCUT2D eigenvalue weighted by Crippen LogP contribution is 2.46. The lowest BCUT2D eigenvalue weighted by molar-refractivity contribution is -0.117. The van der Waals surface area contributed by atoms with Crippen molar-refractivity contribution in [3.05, 3.63) is 64.3 Å². The molecule has 0 spiro atoms. The zero-order valence-corrected chi connectivity index (χ0v) is 20.8. The first-order chi connectivity index (χ1) is 15.8. The van der Waals surface area contributed by atoms with Crippen LogP contribution in [0.1, 0.15) is 30.2 Å². The maximum atomic E-state index is 12.2. The van der Waals surface area contributed by atoms with Crippen molar-refractivity contribution < 1.29 is 23.1 Å². The number of amides is 1. The Bertz CT molecular complexity index is 1170. The van der Waals surface area contributed by atoms with Gasteiger partial charge in [0.1, 0.15) is 5.75 Å². The van der Waals surface area contributed by atoms with E-state index in [-0.39, 0.29) is 18.5 Å². The van der Waals surface area contributed by atoms with Gasteiger partial charge in [0, 0.05) is 42.4 Å². The van der Waals surface area contributed by atoms with Crippen LogP contribution in [0.25, 0.3) is 10.9 Å². The van der Waals surface area contributed by atoms with Gasteiger partial charge in [0.2, 0.25) is 5.91 Å². The van der Waals surface area contributed by atoms with Gasteiger partial charge in [-0.25, -0.2) is 0 Å². The van der Waals surface area contributed by atoms with Crippen LogP contribution in [-0.4, -0.2) is 37.5 Å². The third-order valence-electron chi connectivity index (χ3n) is 5.58. The van der Waals surface area contributed by atoms with Crippen molar-refractivity contribution in [1.29, 1.82) is 0 Å². The molecule has 0 aliphatic rings. The molecule has 0 atom stereocenters. The third kappa shape index (κ3) is 6.18. The molecule has 33 heavy (non-hydrogen) atoms. The zero-order valence-electron chi connectivity index (χ0n) is 19.2. The molecule has 178 valence electrons. The van der Waals surface area contributed by atoms with Gasteiger partial charge in [-0.2, -0.15) is 0 Å². The Balaban J connectivity index is 1.91. The summed E-state index contributed by atoms with van der Waals surface area (Å²) in [6, 6.07) is 13.6. The Labute approximate surface area is 199 Å². The molecule has 0 bridgehead atoms. The van der Waals surface area contributed by atoms with Gasteiger partial charge in [0.25, 0.3) is 0 Å². The molecule has 1 amide bonds. The van der Waals surface area contributed by atoms with Crippen molar-refractivity contribution in [1.82, 2.24) is 4.57 Å². The van der Waals surface area contributed by atoms with Crippen LogP contribution in [0.4, 0.5) is 0 Å². The highest BCUT2D eigenvalue weighted by molar-refractivity contribution is 7.53. The molecule has 2 N–H and O–H groups in total. The van der Waals surface area contributed by atoms with E-state index in [2.05, 4.69) is 11.5 Å². The van der Waals surface area contributed by atoms with E-state index in [1.165, 1.54) is 14.2 Å². The molecular formula is C24H30ClN2O5P. The van der Waals surface area contributed by atoms with Crippen molar-refractivity contribution in [3.8, 4) is 5.75 Å². The SMILES string of the molecule is CCc1c(CC(N)=O)c2cc(OCCCP(=O)(OC)OC)ccc2n1Cc1cccc(Cl)c1. The van der Waals surface area contributed by atoms with Crippen LogP contribution < -0.4 is 10.5 Å². The molecule has 9 heteroatoms.